The van der Waals surface area contributed by atoms with Crippen LogP contribution in [0.25, 0.3) is 0 Å². The molecule has 3 unspecified atom stereocenters. The molecule has 1 N–H and O–H groups in total. The van der Waals surface area contributed by atoms with Crippen LogP contribution < -0.4 is 0 Å². The largest absolute Gasteiger partial charge is 0.480 e. The Morgan fingerprint density at radius 2 is 2.08 bits per heavy atom. The van der Waals surface area contributed by atoms with Crippen LogP contribution in [0.2, 0.25) is 0 Å². The molecular formula is C18H22BrNO4. The predicted octanol–water partition coefficient (Wildman–Crippen LogP) is 3.45. The maximum atomic E-state index is 11.7. The number of carboxylic acids is 1. The second kappa shape index (κ2) is 7.23. The molecule has 0 spiro atoms. The topological polar surface area (TPSA) is 66.8 Å². The molecule has 1 aromatic carbocycles. The van der Waals surface area contributed by atoms with Crippen molar-refractivity contribution in [3.8, 4) is 0 Å². The van der Waals surface area contributed by atoms with Gasteiger partial charge in [-0.05, 0) is 42.9 Å². The summed E-state index contributed by atoms with van der Waals surface area (Å²) < 4.78 is 5.55. The average molecular weight is 396 g/mol. The summed E-state index contributed by atoms with van der Waals surface area (Å²) in [5.41, 5.74) is 1.49. The van der Waals surface area contributed by atoms with Crippen molar-refractivity contribution in [3.63, 3.8) is 0 Å². The van der Waals surface area contributed by atoms with Gasteiger partial charge in [-0.3, -0.25) is 9.69 Å². The summed E-state index contributed by atoms with van der Waals surface area (Å²) in [6.45, 7) is 0.584. The van der Waals surface area contributed by atoms with Gasteiger partial charge in [0.2, 0.25) is 0 Å². The van der Waals surface area contributed by atoms with Crippen LogP contribution in [-0.2, 0) is 16.1 Å². The number of methoxy groups -OCH3 is 1. The van der Waals surface area contributed by atoms with Crippen LogP contribution in [-0.4, -0.2) is 41.1 Å². The molecule has 0 aromatic heterocycles. The Bertz CT molecular complexity index is 648. The number of carboxylic acid groups (broad SMARTS) is 1. The van der Waals surface area contributed by atoms with E-state index >= 15 is 0 Å². The molecule has 1 aliphatic carbocycles. The molecule has 1 aromatic rings. The fourth-order valence-corrected chi connectivity index (χ4v) is 4.64. The van der Waals surface area contributed by atoms with Gasteiger partial charge in [-0.25, -0.2) is 4.79 Å². The molecule has 3 rings (SSSR count). The SMILES string of the molecule is COC(=O)c1ccc(CN2C(C(=O)O)CC3CCCCC32)c(Br)c1. The Labute approximate surface area is 150 Å². The number of halogens is 1. The first kappa shape index (κ1) is 17.4. The predicted molar refractivity (Wildman–Crippen MR) is 92.8 cm³/mol. The average Bonchev–Trinajstić information content (AvgIpc) is 2.95. The smallest absolute Gasteiger partial charge is 0.337 e. The molecule has 2 aliphatic rings. The summed E-state index contributed by atoms with van der Waals surface area (Å²) in [5.74, 6) is -0.612. The van der Waals surface area contributed by atoms with Crippen LogP contribution in [0, 0.1) is 5.92 Å². The van der Waals surface area contributed by atoms with E-state index < -0.39 is 12.0 Å². The third-order valence-corrected chi connectivity index (χ3v) is 6.07. The van der Waals surface area contributed by atoms with Crippen LogP contribution in [0.3, 0.4) is 0 Å². The Balaban J connectivity index is 1.82. The highest BCUT2D eigenvalue weighted by Crippen LogP contribution is 2.41. The molecule has 1 saturated carbocycles. The summed E-state index contributed by atoms with van der Waals surface area (Å²) >= 11 is 3.52. The number of hydrogen-bond donors (Lipinski definition) is 1. The quantitative estimate of drug-likeness (QED) is 0.790. The molecule has 5 nitrogen and oxygen atoms in total. The lowest BCUT2D eigenvalue weighted by molar-refractivity contribution is -0.142. The van der Waals surface area contributed by atoms with E-state index in [2.05, 4.69) is 20.8 Å². The second-order valence-corrected chi connectivity index (χ2v) is 7.53. The van der Waals surface area contributed by atoms with Crippen LogP contribution in [0.4, 0.5) is 0 Å². The van der Waals surface area contributed by atoms with E-state index in [1.165, 1.54) is 20.0 Å². The van der Waals surface area contributed by atoms with E-state index in [0.29, 0.717) is 24.1 Å². The van der Waals surface area contributed by atoms with Gasteiger partial charge in [0.25, 0.3) is 0 Å². The highest BCUT2D eigenvalue weighted by molar-refractivity contribution is 9.10. The van der Waals surface area contributed by atoms with Crippen molar-refractivity contribution >= 4 is 27.9 Å². The maximum absolute atomic E-state index is 11.7. The minimum atomic E-state index is -0.730. The number of ether oxygens (including phenoxy) is 1. The fraction of sp³-hybridized carbons (Fsp3) is 0.556. The number of carbonyl (C=O) groups excluding carboxylic acids is 1. The van der Waals surface area contributed by atoms with Crippen molar-refractivity contribution in [2.24, 2.45) is 5.92 Å². The summed E-state index contributed by atoms with van der Waals surface area (Å²) in [6.07, 6.45) is 5.34. The summed E-state index contributed by atoms with van der Waals surface area (Å²) in [5, 5.41) is 9.61. The van der Waals surface area contributed by atoms with Gasteiger partial charge in [0.1, 0.15) is 6.04 Å². The summed E-state index contributed by atoms with van der Waals surface area (Å²) in [7, 11) is 1.36. The lowest BCUT2D eigenvalue weighted by Gasteiger charge is -2.33. The molecule has 3 atom stereocenters. The molecular weight excluding hydrogens is 374 g/mol. The second-order valence-electron chi connectivity index (χ2n) is 6.67. The Morgan fingerprint density at radius 1 is 1.33 bits per heavy atom. The molecule has 130 valence electrons. The van der Waals surface area contributed by atoms with Gasteiger partial charge in [0.05, 0.1) is 12.7 Å². The van der Waals surface area contributed by atoms with Gasteiger partial charge >= 0.3 is 11.9 Å². The van der Waals surface area contributed by atoms with Gasteiger partial charge < -0.3 is 9.84 Å². The van der Waals surface area contributed by atoms with E-state index in [-0.39, 0.29) is 5.97 Å². The first-order chi connectivity index (χ1) is 11.5. The third-order valence-electron chi connectivity index (χ3n) is 5.33. The zero-order valence-corrected chi connectivity index (χ0v) is 15.3. The third kappa shape index (κ3) is 3.35. The minimum Gasteiger partial charge on any atom is -0.480 e. The van der Waals surface area contributed by atoms with E-state index in [0.717, 1.165) is 29.3 Å². The Hall–Kier alpha value is -1.40. The zero-order valence-electron chi connectivity index (χ0n) is 13.7. The number of aliphatic carboxylic acids is 1. The molecule has 0 bridgehead atoms. The fourth-order valence-electron chi connectivity index (χ4n) is 4.14. The van der Waals surface area contributed by atoms with Crippen molar-refractivity contribution in [2.75, 3.05) is 7.11 Å². The van der Waals surface area contributed by atoms with Gasteiger partial charge in [-0.2, -0.15) is 0 Å². The molecule has 1 aliphatic heterocycles. The van der Waals surface area contributed by atoms with E-state index in [4.69, 9.17) is 4.74 Å². The van der Waals surface area contributed by atoms with Crippen molar-refractivity contribution < 1.29 is 19.4 Å². The lowest BCUT2D eigenvalue weighted by atomic mass is 9.84. The first-order valence-corrected chi connectivity index (χ1v) is 9.16. The number of likely N-dealkylation sites (tertiary alicyclic amines) is 1. The van der Waals surface area contributed by atoms with Gasteiger partial charge in [-0.1, -0.05) is 34.8 Å². The van der Waals surface area contributed by atoms with Gasteiger partial charge in [0, 0.05) is 17.1 Å². The Morgan fingerprint density at radius 3 is 2.75 bits per heavy atom. The molecule has 0 radical (unpaired) electrons. The zero-order chi connectivity index (χ0) is 17.3. The standard InChI is InChI=1S/C18H22BrNO4/c1-24-18(23)12-6-7-13(14(19)8-12)10-20-15-5-3-2-4-11(15)9-16(20)17(21)22/h6-8,11,15-16H,2-5,9-10H2,1H3,(H,21,22). The van der Waals surface area contributed by atoms with E-state index in [1.54, 1.807) is 12.1 Å². The highest BCUT2D eigenvalue weighted by Gasteiger charge is 2.45. The number of nitrogens with zero attached hydrogens (tertiary/aromatic N) is 1. The minimum absolute atomic E-state index is 0.354. The van der Waals surface area contributed by atoms with Gasteiger partial charge in [-0.15, -0.1) is 0 Å². The summed E-state index contributed by atoms with van der Waals surface area (Å²) in [6, 6.07) is 5.30. The Kier molecular flexibility index (Phi) is 5.25. The highest BCUT2D eigenvalue weighted by atomic mass is 79.9. The molecule has 1 saturated heterocycles. The lowest BCUT2D eigenvalue weighted by Crippen LogP contribution is -2.41. The van der Waals surface area contributed by atoms with Crippen LogP contribution in [0.1, 0.15) is 48.0 Å². The maximum Gasteiger partial charge on any atom is 0.337 e. The van der Waals surface area contributed by atoms with Crippen molar-refractivity contribution in [1.82, 2.24) is 4.90 Å². The van der Waals surface area contributed by atoms with Gasteiger partial charge in [0.15, 0.2) is 0 Å². The molecule has 6 heteroatoms. The monoisotopic (exact) mass is 395 g/mol. The summed E-state index contributed by atoms with van der Waals surface area (Å²) in [4.78, 5) is 25.5. The van der Waals surface area contributed by atoms with E-state index in [1.807, 2.05) is 6.07 Å². The number of rotatable bonds is 4. The number of esters is 1. The van der Waals surface area contributed by atoms with Crippen molar-refractivity contribution in [1.29, 1.82) is 0 Å². The normalized spacial score (nSPS) is 26.8. The molecule has 2 fully saturated rings. The molecule has 0 amide bonds. The number of fused-ring (bicyclic) bond motifs is 1. The number of carbonyl (C=O) groups is 2. The first-order valence-electron chi connectivity index (χ1n) is 8.36. The van der Waals surface area contributed by atoms with Crippen molar-refractivity contribution in [3.05, 3.63) is 33.8 Å². The van der Waals surface area contributed by atoms with Crippen LogP contribution in [0.5, 0.6) is 0 Å². The number of hydrogen-bond acceptors (Lipinski definition) is 4. The van der Waals surface area contributed by atoms with E-state index in [9.17, 15) is 14.7 Å². The van der Waals surface area contributed by atoms with Crippen LogP contribution in [0.15, 0.2) is 22.7 Å². The van der Waals surface area contributed by atoms with Crippen LogP contribution >= 0.6 is 15.9 Å². The molecule has 24 heavy (non-hydrogen) atoms. The van der Waals surface area contributed by atoms with Crippen molar-refractivity contribution in [2.45, 2.75) is 50.7 Å². The number of benzene rings is 1. The molecule has 1 heterocycles.